The van der Waals surface area contributed by atoms with Crippen LogP contribution in [0.5, 0.6) is 0 Å². The quantitative estimate of drug-likeness (QED) is 0.780. The number of halogens is 1. The standard InChI is InChI=1S/C22H27ClN4O3/c1-26(18-3-2-8-27(13-18)21(29)14-4-6-19(28)11-14)22(30)24-12-17-10-15-9-16(23)5-7-20(15)25-17/h5,7,9-10,14,18,25H,2-4,6,8,11-13H2,1H3,(H,24,30). The fourth-order valence-corrected chi connectivity index (χ4v) is 4.65. The molecule has 1 aliphatic heterocycles. The van der Waals surface area contributed by atoms with E-state index in [1.807, 2.05) is 29.2 Å². The zero-order valence-electron chi connectivity index (χ0n) is 17.1. The van der Waals surface area contributed by atoms with Crippen LogP contribution in [0, 0.1) is 5.92 Å². The highest BCUT2D eigenvalue weighted by Gasteiger charge is 2.35. The number of likely N-dealkylation sites (tertiary alicyclic amines) is 1. The summed E-state index contributed by atoms with van der Waals surface area (Å²) >= 11 is 6.03. The first-order valence-corrected chi connectivity index (χ1v) is 10.9. The van der Waals surface area contributed by atoms with Gasteiger partial charge in [0, 0.05) is 60.5 Å². The molecule has 0 spiro atoms. The van der Waals surface area contributed by atoms with E-state index in [2.05, 4.69) is 10.3 Å². The molecule has 0 bridgehead atoms. The van der Waals surface area contributed by atoms with Crippen molar-refractivity contribution in [1.82, 2.24) is 20.1 Å². The molecule has 2 atom stereocenters. The molecule has 2 fully saturated rings. The molecule has 1 aliphatic carbocycles. The summed E-state index contributed by atoms with van der Waals surface area (Å²) in [7, 11) is 1.78. The van der Waals surface area contributed by atoms with Gasteiger partial charge in [-0.3, -0.25) is 9.59 Å². The lowest BCUT2D eigenvalue weighted by Crippen LogP contribution is -2.53. The van der Waals surface area contributed by atoms with Crippen molar-refractivity contribution in [3.8, 4) is 0 Å². The molecule has 8 heteroatoms. The van der Waals surface area contributed by atoms with Crippen LogP contribution in [-0.4, -0.2) is 58.7 Å². The third-order valence-corrected chi connectivity index (χ3v) is 6.47. The van der Waals surface area contributed by atoms with Crippen LogP contribution in [0.15, 0.2) is 24.3 Å². The minimum absolute atomic E-state index is 0.0266. The summed E-state index contributed by atoms with van der Waals surface area (Å²) in [5.74, 6) is 0.0691. The second-order valence-electron chi connectivity index (χ2n) is 8.35. The summed E-state index contributed by atoms with van der Waals surface area (Å²) in [6.45, 7) is 1.61. The zero-order valence-corrected chi connectivity index (χ0v) is 17.9. The Bertz CT molecular complexity index is 972. The highest BCUT2D eigenvalue weighted by atomic mass is 35.5. The van der Waals surface area contributed by atoms with Crippen molar-refractivity contribution in [3.05, 3.63) is 35.0 Å². The summed E-state index contributed by atoms with van der Waals surface area (Å²) in [5, 5.41) is 4.63. The number of aromatic amines is 1. The summed E-state index contributed by atoms with van der Waals surface area (Å²) in [5.41, 5.74) is 1.88. The first-order valence-electron chi connectivity index (χ1n) is 10.5. The lowest BCUT2D eigenvalue weighted by atomic mass is 10.0. The number of carbonyl (C=O) groups is 3. The number of Topliss-reactive ketones (excluding diaryl/α,β-unsaturated/α-hetero) is 1. The molecule has 2 aromatic rings. The Morgan fingerprint density at radius 1 is 1.30 bits per heavy atom. The Balaban J connectivity index is 1.32. The maximum Gasteiger partial charge on any atom is 0.317 e. The number of aromatic nitrogens is 1. The number of benzene rings is 1. The zero-order chi connectivity index (χ0) is 21.3. The molecular weight excluding hydrogens is 404 g/mol. The highest BCUT2D eigenvalue weighted by Crippen LogP contribution is 2.26. The third kappa shape index (κ3) is 4.46. The van der Waals surface area contributed by atoms with Crippen LogP contribution in [0.2, 0.25) is 5.02 Å². The molecule has 2 N–H and O–H groups in total. The van der Waals surface area contributed by atoms with Gasteiger partial charge < -0.3 is 20.1 Å². The Kier molecular flexibility index (Phi) is 5.99. The maximum absolute atomic E-state index is 12.7. The van der Waals surface area contributed by atoms with Crippen molar-refractivity contribution in [1.29, 1.82) is 0 Å². The molecule has 160 valence electrons. The molecule has 4 rings (SSSR count). The van der Waals surface area contributed by atoms with E-state index in [9.17, 15) is 14.4 Å². The van der Waals surface area contributed by atoms with Gasteiger partial charge in [0.1, 0.15) is 5.78 Å². The van der Waals surface area contributed by atoms with Crippen LogP contribution in [0.25, 0.3) is 10.9 Å². The molecule has 30 heavy (non-hydrogen) atoms. The summed E-state index contributed by atoms with van der Waals surface area (Å²) in [6.07, 6.45) is 3.26. The summed E-state index contributed by atoms with van der Waals surface area (Å²) in [4.78, 5) is 43.8. The average Bonchev–Trinajstić information content (AvgIpc) is 3.36. The van der Waals surface area contributed by atoms with Gasteiger partial charge in [-0.1, -0.05) is 11.6 Å². The summed E-state index contributed by atoms with van der Waals surface area (Å²) < 4.78 is 0. The van der Waals surface area contributed by atoms with Crippen LogP contribution in [0.4, 0.5) is 4.79 Å². The lowest BCUT2D eigenvalue weighted by molar-refractivity contribution is -0.138. The largest absolute Gasteiger partial charge is 0.357 e. The van der Waals surface area contributed by atoms with E-state index in [4.69, 9.17) is 11.6 Å². The SMILES string of the molecule is CN(C(=O)NCc1cc2cc(Cl)ccc2[nH]1)C1CCCN(C(=O)C2CCC(=O)C2)C1. The molecule has 2 unspecified atom stereocenters. The van der Waals surface area contributed by atoms with Crippen molar-refractivity contribution >= 4 is 40.2 Å². The van der Waals surface area contributed by atoms with Gasteiger partial charge in [-0.05, 0) is 43.5 Å². The number of carbonyl (C=O) groups excluding carboxylic acids is 3. The van der Waals surface area contributed by atoms with Crippen molar-refractivity contribution < 1.29 is 14.4 Å². The van der Waals surface area contributed by atoms with Crippen molar-refractivity contribution in [2.75, 3.05) is 20.1 Å². The Morgan fingerprint density at radius 3 is 2.90 bits per heavy atom. The number of hydrogen-bond acceptors (Lipinski definition) is 3. The fourth-order valence-electron chi connectivity index (χ4n) is 4.47. The van der Waals surface area contributed by atoms with Gasteiger partial charge in [0.15, 0.2) is 0 Å². The van der Waals surface area contributed by atoms with E-state index >= 15 is 0 Å². The smallest absolute Gasteiger partial charge is 0.317 e. The van der Waals surface area contributed by atoms with E-state index in [1.165, 1.54) is 0 Å². The van der Waals surface area contributed by atoms with Gasteiger partial charge in [0.25, 0.3) is 0 Å². The maximum atomic E-state index is 12.7. The van der Waals surface area contributed by atoms with Crippen molar-refractivity contribution in [2.24, 2.45) is 5.92 Å². The lowest BCUT2D eigenvalue weighted by Gasteiger charge is -2.38. The minimum Gasteiger partial charge on any atom is -0.357 e. The number of piperidine rings is 1. The van der Waals surface area contributed by atoms with Crippen LogP contribution in [0.3, 0.4) is 0 Å². The highest BCUT2D eigenvalue weighted by molar-refractivity contribution is 6.31. The first kappa shape index (κ1) is 20.7. The number of amides is 3. The van der Waals surface area contributed by atoms with Crippen molar-refractivity contribution in [2.45, 2.75) is 44.7 Å². The van der Waals surface area contributed by atoms with E-state index in [0.29, 0.717) is 43.9 Å². The van der Waals surface area contributed by atoms with E-state index in [1.54, 1.807) is 11.9 Å². The Morgan fingerprint density at radius 2 is 2.13 bits per heavy atom. The predicted octanol–water partition coefficient (Wildman–Crippen LogP) is 3.32. The number of nitrogens with one attached hydrogen (secondary N) is 2. The first-order chi connectivity index (χ1) is 14.4. The molecule has 1 saturated heterocycles. The van der Waals surface area contributed by atoms with Crippen LogP contribution >= 0.6 is 11.6 Å². The second-order valence-corrected chi connectivity index (χ2v) is 8.79. The molecule has 1 aromatic heterocycles. The van der Waals surface area contributed by atoms with Crippen LogP contribution < -0.4 is 5.32 Å². The number of fused-ring (bicyclic) bond motifs is 1. The van der Waals surface area contributed by atoms with E-state index in [0.717, 1.165) is 29.4 Å². The van der Waals surface area contributed by atoms with Gasteiger partial charge in [-0.15, -0.1) is 0 Å². The Hall–Kier alpha value is -2.54. The fraction of sp³-hybridized carbons (Fsp3) is 0.500. The van der Waals surface area contributed by atoms with Gasteiger partial charge in [0.05, 0.1) is 12.6 Å². The van der Waals surface area contributed by atoms with Gasteiger partial charge >= 0.3 is 6.03 Å². The number of rotatable bonds is 4. The summed E-state index contributed by atoms with van der Waals surface area (Å²) in [6, 6.07) is 7.42. The Labute approximate surface area is 180 Å². The molecule has 2 aliphatic rings. The number of H-pyrrole nitrogens is 1. The number of likely N-dealkylation sites (N-methyl/N-ethyl adjacent to an activating group) is 1. The van der Waals surface area contributed by atoms with Gasteiger partial charge in [-0.25, -0.2) is 4.79 Å². The number of nitrogens with zero attached hydrogens (tertiary/aromatic N) is 2. The molecule has 1 aromatic carbocycles. The van der Waals surface area contributed by atoms with Gasteiger partial charge in [-0.2, -0.15) is 0 Å². The van der Waals surface area contributed by atoms with E-state index in [-0.39, 0.29) is 29.7 Å². The van der Waals surface area contributed by atoms with Gasteiger partial charge in [0.2, 0.25) is 5.91 Å². The number of urea groups is 1. The molecule has 3 amide bonds. The number of ketones is 1. The monoisotopic (exact) mass is 430 g/mol. The van der Waals surface area contributed by atoms with Crippen molar-refractivity contribution in [3.63, 3.8) is 0 Å². The normalized spacial score (nSPS) is 21.8. The van der Waals surface area contributed by atoms with Crippen LogP contribution in [-0.2, 0) is 16.1 Å². The third-order valence-electron chi connectivity index (χ3n) is 6.24. The molecular formula is C22H27ClN4O3. The molecule has 0 radical (unpaired) electrons. The average molecular weight is 431 g/mol. The topological polar surface area (TPSA) is 85.5 Å². The second kappa shape index (κ2) is 8.68. The van der Waals surface area contributed by atoms with Crippen LogP contribution in [0.1, 0.15) is 37.8 Å². The minimum atomic E-state index is -0.175. The predicted molar refractivity (Wildman–Crippen MR) is 115 cm³/mol. The van der Waals surface area contributed by atoms with E-state index < -0.39 is 0 Å². The molecule has 1 saturated carbocycles. The number of hydrogen-bond donors (Lipinski definition) is 2. The molecule has 7 nitrogen and oxygen atoms in total. The molecule has 2 heterocycles.